The van der Waals surface area contributed by atoms with Gasteiger partial charge in [-0.2, -0.15) is 0 Å². The smallest absolute Gasteiger partial charge is 0.269 e. The molecule has 8 heteroatoms. The van der Waals surface area contributed by atoms with E-state index in [1.807, 2.05) is 25.1 Å². The van der Waals surface area contributed by atoms with Gasteiger partial charge >= 0.3 is 0 Å². The van der Waals surface area contributed by atoms with Crippen LogP contribution in [0.2, 0.25) is 0 Å². The number of amides is 2. The summed E-state index contributed by atoms with van der Waals surface area (Å²) in [4.78, 5) is 34.5. The van der Waals surface area contributed by atoms with Crippen molar-refractivity contribution < 1.29 is 19.2 Å². The van der Waals surface area contributed by atoms with Crippen LogP contribution in [-0.4, -0.2) is 23.3 Å². The van der Waals surface area contributed by atoms with Crippen LogP contribution in [0.5, 0.6) is 5.75 Å². The van der Waals surface area contributed by atoms with Gasteiger partial charge in [0.2, 0.25) is 0 Å². The summed E-state index contributed by atoms with van der Waals surface area (Å²) >= 11 is 0. The van der Waals surface area contributed by atoms with Gasteiger partial charge < -0.3 is 15.4 Å². The standard InChI is InChI=1S/C23H21N3O5/c1-16-5-7-18(8-6-16)23(28)25-19-4-2-3-17(13-19)14-24-22(27)15-31-21-11-9-20(10-12-21)26(29)30/h2-13H,14-15H2,1H3,(H,24,27)(H,25,28). The first-order valence-corrected chi connectivity index (χ1v) is 9.51. The van der Waals surface area contributed by atoms with Crippen molar-refractivity contribution in [3.05, 3.63) is 99.6 Å². The van der Waals surface area contributed by atoms with Crippen LogP contribution in [0.4, 0.5) is 11.4 Å². The largest absolute Gasteiger partial charge is 0.484 e. The SMILES string of the molecule is Cc1ccc(C(=O)Nc2cccc(CNC(=O)COc3ccc([N+](=O)[O-])cc3)c2)cc1. The molecule has 0 aliphatic rings. The Morgan fingerprint density at radius 2 is 1.71 bits per heavy atom. The van der Waals surface area contributed by atoms with Crippen LogP contribution in [0.1, 0.15) is 21.5 Å². The van der Waals surface area contributed by atoms with E-state index in [9.17, 15) is 19.7 Å². The van der Waals surface area contributed by atoms with E-state index in [4.69, 9.17) is 4.74 Å². The number of nitrogens with zero attached hydrogens (tertiary/aromatic N) is 1. The zero-order chi connectivity index (χ0) is 22.2. The van der Waals surface area contributed by atoms with Crippen molar-refractivity contribution in [3.63, 3.8) is 0 Å². The van der Waals surface area contributed by atoms with Crippen LogP contribution in [-0.2, 0) is 11.3 Å². The Morgan fingerprint density at radius 3 is 2.39 bits per heavy atom. The van der Waals surface area contributed by atoms with Gasteiger partial charge in [0.25, 0.3) is 17.5 Å². The van der Waals surface area contributed by atoms with Gasteiger partial charge in [0, 0.05) is 29.9 Å². The van der Waals surface area contributed by atoms with E-state index in [1.54, 1.807) is 30.3 Å². The zero-order valence-corrected chi connectivity index (χ0v) is 16.8. The second-order valence-corrected chi connectivity index (χ2v) is 6.84. The molecule has 0 spiro atoms. The molecule has 2 amide bonds. The summed E-state index contributed by atoms with van der Waals surface area (Å²) in [5.74, 6) is -0.188. The minimum atomic E-state index is -0.506. The second kappa shape index (κ2) is 10.0. The minimum Gasteiger partial charge on any atom is -0.484 e. The highest BCUT2D eigenvalue weighted by atomic mass is 16.6. The third-order valence-corrected chi connectivity index (χ3v) is 4.41. The second-order valence-electron chi connectivity index (χ2n) is 6.84. The number of hydrogen-bond acceptors (Lipinski definition) is 5. The van der Waals surface area contributed by atoms with Gasteiger partial charge in [0.15, 0.2) is 6.61 Å². The fourth-order valence-electron chi connectivity index (χ4n) is 2.73. The Morgan fingerprint density at radius 1 is 1.00 bits per heavy atom. The van der Waals surface area contributed by atoms with Crippen molar-refractivity contribution in [1.29, 1.82) is 0 Å². The van der Waals surface area contributed by atoms with Crippen molar-refractivity contribution in [3.8, 4) is 5.75 Å². The summed E-state index contributed by atoms with van der Waals surface area (Å²) in [6, 6.07) is 19.9. The molecular formula is C23H21N3O5. The molecule has 0 aromatic heterocycles. The van der Waals surface area contributed by atoms with E-state index in [0.29, 0.717) is 17.0 Å². The molecular weight excluding hydrogens is 398 g/mol. The number of nitro benzene ring substituents is 1. The first-order chi connectivity index (χ1) is 14.9. The van der Waals surface area contributed by atoms with Gasteiger partial charge in [-0.15, -0.1) is 0 Å². The molecule has 0 fully saturated rings. The number of nitro groups is 1. The number of anilines is 1. The average Bonchev–Trinajstić information content (AvgIpc) is 2.77. The van der Waals surface area contributed by atoms with Gasteiger partial charge in [-0.05, 0) is 48.9 Å². The Kier molecular flexibility index (Phi) is 6.95. The molecule has 0 saturated carbocycles. The van der Waals surface area contributed by atoms with Gasteiger partial charge in [0.05, 0.1) is 4.92 Å². The van der Waals surface area contributed by atoms with E-state index >= 15 is 0 Å². The molecule has 3 aromatic rings. The summed E-state index contributed by atoms with van der Waals surface area (Å²) in [5, 5.41) is 16.2. The summed E-state index contributed by atoms with van der Waals surface area (Å²) < 4.78 is 5.33. The van der Waals surface area contributed by atoms with Crippen LogP contribution >= 0.6 is 0 Å². The van der Waals surface area contributed by atoms with E-state index in [2.05, 4.69) is 10.6 Å². The number of hydrogen-bond donors (Lipinski definition) is 2. The predicted molar refractivity (Wildman–Crippen MR) is 116 cm³/mol. The number of carbonyl (C=O) groups excluding carboxylic acids is 2. The molecule has 0 bridgehead atoms. The topological polar surface area (TPSA) is 111 Å². The maximum absolute atomic E-state index is 12.3. The van der Waals surface area contributed by atoms with Gasteiger partial charge in [-0.25, -0.2) is 0 Å². The van der Waals surface area contributed by atoms with E-state index in [1.165, 1.54) is 24.3 Å². The van der Waals surface area contributed by atoms with E-state index in [-0.39, 0.29) is 30.7 Å². The number of nitrogens with one attached hydrogen (secondary N) is 2. The van der Waals surface area contributed by atoms with Crippen molar-refractivity contribution in [2.24, 2.45) is 0 Å². The number of aryl methyl sites for hydroxylation is 1. The Balaban J connectivity index is 1.49. The first-order valence-electron chi connectivity index (χ1n) is 9.51. The van der Waals surface area contributed by atoms with Crippen molar-refractivity contribution in [2.45, 2.75) is 13.5 Å². The lowest BCUT2D eigenvalue weighted by Crippen LogP contribution is -2.28. The molecule has 0 atom stereocenters. The molecule has 3 rings (SSSR count). The Bertz CT molecular complexity index is 1080. The summed E-state index contributed by atoms with van der Waals surface area (Å²) in [5.41, 5.74) is 3.02. The van der Waals surface area contributed by atoms with Crippen LogP contribution in [0.15, 0.2) is 72.8 Å². The predicted octanol–water partition coefficient (Wildman–Crippen LogP) is 3.85. The molecule has 0 unspecified atom stereocenters. The number of ether oxygens (including phenoxy) is 1. The normalized spacial score (nSPS) is 10.2. The molecule has 0 radical (unpaired) electrons. The summed E-state index contributed by atoms with van der Waals surface area (Å²) in [6.07, 6.45) is 0. The molecule has 0 aliphatic carbocycles. The summed E-state index contributed by atoms with van der Waals surface area (Å²) in [6.45, 7) is 1.99. The number of benzene rings is 3. The van der Waals surface area contributed by atoms with Crippen molar-refractivity contribution in [1.82, 2.24) is 5.32 Å². The van der Waals surface area contributed by atoms with Crippen LogP contribution in [0, 0.1) is 17.0 Å². The lowest BCUT2D eigenvalue weighted by molar-refractivity contribution is -0.384. The van der Waals surface area contributed by atoms with E-state index in [0.717, 1.165) is 11.1 Å². The van der Waals surface area contributed by atoms with E-state index < -0.39 is 4.92 Å². The monoisotopic (exact) mass is 419 g/mol. The molecule has 158 valence electrons. The van der Waals surface area contributed by atoms with Gasteiger partial charge in [0.1, 0.15) is 5.75 Å². The molecule has 2 N–H and O–H groups in total. The van der Waals surface area contributed by atoms with Crippen LogP contribution in [0.3, 0.4) is 0 Å². The fourth-order valence-corrected chi connectivity index (χ4v) is 2.73. The highest BCUT2D eigenvalue weighted by Gasteiger charge is 2.08. The Hall–Kier alpha value is -4.20. The summed E-state index contributed by atoms with van der Waals surface area (Å²) in [7, 11) is 0. The maximum Gasteiger partial charge on any atom is 0.269 e. The number of rotatable bonds is 8. The van der Waals surface area contributed by atoms with Crippen LogP contribution in [0.25, 0.3) is 0 Å². The van der Waals surface area contributed by atoms with Crippen LogP contribution < -0.4 is 15.4 Å². The number of carbonyl (C=O) groups is 2. The number of non-ortho nitro benzene ring substituents is 1. The maximum atomic E-state index is 12.3. The van der Waals surface area contributed by atoms with Gasteiger partial charge in [-0.3, -0.25) is 19.7 Å². The third-order valence-electron chi connectivity index (χ3n) is 4.41. The van der Waals surface area contributed by atoms with Crippen molar-refractivity contribution in [2.75, 3.05) is 11.9 Å². The lowest BCUT2D eigenvalue weighted by atomic mass is 10.1. The molecule has 8 nitrogen and oxygen atoms in total. The minimum absolute atomic E-state index is 0.0499. The first kappa shape index (κ1) is 21.5. The average molecular weight is 419 g/mol. The van der Waals surface area contributed by atoms with Gasteiger partial charge in [-0.1, -0.05) is 29.8 Å². The molecule has 31 heavy (non-hydrogen) atoms. The molecule has 0 heterocycles. The quantitative estimate of drug-likeness (QED) is 0.426. The molecule has 3 aromatic carbocycles. The Labute approximate surface area is 179 Å². The zero-order valence-electron chi connectivity index (χ0n) is 16.8. The fraction of sp³-hybridized carbons (Fsp3) is 0.130. The highest BCUT2D eigenvalue weighted by Crippen LogP contribution is 2.17. The third kappa shape index (κ3) is 6.40. The lowest BCUT2D eigenvalue weighted by Gasteiger charge is -2.10. The highest BCUT2D eigenvalue weighted by molar-refractivity contribution is 6.04. The van der Waals surface area contributed by atoms with Crippen molar-refractivity contribution >= 4 is 23.2 Å². The molecule has 0 aliphatic heterocycles. The molecule has 0 saturated heterocycles.